The number of rotatable bonds is 4. The molecular formula is C20H19N3O3. The van der Waals surface area contributed by atoms with E-state index in [1.165, 1.54) is 5.56 Å². The third kappa shape index (κ3) is 2.99. The third-order valence-corrected chi connectivity index (χ3v) is 4.47. The number of aryl methyl sites for hydroxylation is 1. The maximum atomic E-state index is 13.1. The molecule has 1 amide bonds. The summed E-state index contributed by atoms with van der Waals surface area (Å²) in [6.07, 6.45) is 0.880. The first-order chi connectivity index (χ1) is 12.7. The second-order valence-electron chi connectivity index (χ2n) is 6.35. The van der Waals surface area contributed by atoms with Gasteiger partial charge in [0.25, 0.3) is 5.91 Å². The van der Waals surface area contributed by atoms with Crippen LogP contribution in [0.25, 0.3) is 11.5 Å². The van der Waals surface area contributed by atoms with Crippen LogP contribution in [-0.2, 0) is 17.8 Å². The van der Waals surface area contributed by atoms with Crippen LogP contribution < -0.4 is 4.90 Å². The van der Waals surface area contributed by atoms with Gasteiger partial charge in [-0.1, -0.05) is 18.2 Å². The Balaban J connectivity index is 1.63. The van der Waals surface area contributed by atoms with Crippen LogP contribution in [0.4, 0.5) is 5.69 Å². The predicted molar refractivity (Wildman–Crippen MR) is 97.0 cm³/mol. The highest BCUT2D eigenvalue weighted by Gasteiger charge is 2.26. The number of ether oxygens (including phenoxy) is 1. The highest BCUT2D eigenvalue weighted by Crippen LogP contribution is 2.31. The van der Waals surface area contributed by atoms with E-state index in [-0.39, 0.29) is 12.5 Å². The fourth-order valence-electron chi connectivity index (χ4n) is 3.19. The average Bonchev–Trinajstić information content (AvgIpc) is 3.28. The molecule has 0 N–H and O–H groups in total. The Morgan fingerprint density at radius 2 is 2.12 bits per heavy atom. The molecule has 6 heteroatoms. The van der Waals surface area contributed by atoms with Crippen LogP contribution in [0.3, 0.4) is 0 Å². The number of fused-ring (bicyclic) bond motifs is 1. The summed E-state index contributed by atoms with van der Waals surface area (Å²) in [5.41, 5.74) is 4.67. The molecule has 4 rings (SSSR count). The van der Waals surface area contributed by atoms with Gasteiger partial charge in [-0.05, 0) is 48.7 Å². The number of aromatic nitrogens is 2. The minimum absolute atomic E-state index is 0.0205. The van der Waals surface area contributed by atoms with E-state index in [4.69, 9.17) is 9.15 Å². The normalized spacial score (nSPS) is 13.1. The van der Waals surface area contributed by atoms with Crippen molar-refractivity contribution in [2.75, 3.05) is 18.6 Å². The van der Waals surface area contributed by atoms with Crippen LogP contribution in [0, 0.1) is 6.92 Å². The highest BCUT2D eigenvalue weighted by molar-refractivity contribution is 6.07. The quantitative estimate of drug-likeness (QED) is 0.722. The van der Waals surface area contributed by atoms with Gasteiger partial charge in [0.05, 0.1) is 0 Å². The van der Waals surface area contributed by atoms with Crippen molar-refractivity contribution in [1.82, 2.24) is 10.2 Å². The van der Waals surface area contributed by atoms with Crippen LogP contribution in [0.1, 0.15) is 27.4 Å². The van der Waals surface area contributed by atoms with E-state index < -0.39 is 0 Å². The zero-order valence-corrected chi connectivity index (χ0v) is 14.7. The Hall–Kier alpha value is -2.99. The van der Waals surface area contributed by atoms with Crippen LogP contribution in [0.2, 0.25) is 0 Å². The molecular weight excluding hydrogens is 330 g/mol. The summed E-state index contributed by atoms with van der Waals surface area (Å²) in [4.78, 5) is 14.9. The highest BCUT2D eigenvalue weighted by atomic mass is 16.5. The first kappa shape index (κ1) is 16.5. The lowest BCUT2D eigenvalue weighted by Crippen LogP contribution is -2.28. The number of amides is 1. The van der Waals surface area contributed by atoms with Gasteiger partial charge in [0.2, 0.25) is 11.8 Å². The molecule has 0 fully saturated rings. The Kier molecular flexibility index (Phi) is 4.26. The Bertz CT molecular complexity index is 964. The molecule has 132 valence electrons. The molecule has 1 aliphatic rings. The van der Waals surface area contributed by atoms with Gasteiger partial charge in [-0.2, -0.15) is 0 Å². The summed E-state index contributed by atoms with van der Waals surface area (Å²) in [6.45, 7) is 2.99. The zero-order valence-electron chi connectivity index (χ0n) is 14.7. The Morgan fingerprint density at radius 1 is 1.23 bits per heavy atom. The topological polar surface area (TPSA) is 68.5 Å². The molecule has 1 aliphatic heterocycles. The number of carbonyl (C=O) groups is 1. The van der Waals surface area contributed by atoms with Gasteiger partial charge < -0.3 is 14.1 Å². The monoisotopic (exact) mass is 349 g/mol. The fourth-order valence-corrected chi connectivity index (χ4v) is 3.19. The lowest BCUT2D eigenvalue weighted by molar-refractivity contribution is 0.0989. The largest absolute Gasteiger partial charge is 0.418 e. The van der Waals surface area contributed by atoms with E-state index in [1.807, 2.05) is 30.0 Å². The third-order valence-electron chi connectivity index (χ3n) is 4.47. The summed E-state index contributed by atoms with van der Waals surface area (Å²) >= 11 is 0. The molecule has 3 aromatic rings. The molecule has 0 spiro atoms. The SMILES string of the molecule is COCc1nnc(-c2cccc(C(=O)N3CCc4ccc(C)cc43)c2)o1. The molecule has 0 saturated carbocycles. The molecule has 0 unspecified atom stereocenters. The van der Waals surface area contributed by atoms with E-state index in [9.17, 15) is 4.79 Å². The average molecular weight is 349 g/mol. The molecule has 1 aromatic heterocycles. The predicted octanol–water partition coefficient (Wildman–Crippen LogP) is 3.39. The summed E-state index contributed by atoms with van der Waals surface area (Å²) in [7, 11) is 1.57. The Morgan fingerprint density at radius 3 is 2.96 bits per heavy atom. The molecule has 0 atom stereocenters. The van der Waals surface area contributed by atoms with Crippen molar-refractivity contribution in [3.05, 3.63) is 65.0 Å². The standard InChI is InChI=1S/C20H19N3O3/c1-13-6-7-14-8-9-23(17(14)10-13)20(24)16-5-3-4-15(11-16)19-22-21-18(26-19)12-25-2/h3-7,10-11H,8-9,12H2,1-2H3. The molecule has 2 heterocycles. The van der Waals surface area contributed by atoms with Crippen molar-refractivity contribution in [3.63, 3.8) is 0 Å². The number of methoxy groups -OCH3 is 1. The molecule has 2 aromatic carbocycles. The minimum Gasteiger partial charge on any atom is -0.418 e. The number of hydrogen-bond acceptors (Lipinski definition) is 5. The van der Waals surface area contributed by atoms with Crippen LogP contribution in [0.5, 0.6) is 0 Å². The van der Waals surface area contributed by atoms with Gasteiger partial charge in [-0.15, -0.1) is 10.2 Å². The number of nitrogens with zero attached hydrogens (tertiary/aromatic N) is 3. The lowest BCUT2D eigenvalue weighted by atomic mass is 10.1. The van der Waals surface area contributed by atoms with Crippen molar-refractivity contribution in [1.29, 1.82) is 0 Å². The minimum atomic E-state index is -0.0205. The van der Waals surface area contributed by atoms with Crippen molar-refractivity contribution >= 4 is 11.6 Å². The molecule has 0 radical (unpaired) electrons. The zero-order chi connectivity index (χ0) is 18.1. The molecule has 0 bridgehead atoms. The van der Waals surface area contributed by atoms with Gasteiger partial charge in [-0.25, -0.2) is 0 Å². The van der Waals surface area contributed by atoms with Crippen LogP contribution in [-0.4, -0.2) is 29.8 Å². The fraction of sp³-hybridized carbons (Fsp3) is 0.250. The summed E-state index contributed by atoms with van der Waals surface area (Å²) < 4.78 is 10.6. The van der Waals surface area contributed by atoms with Gasteiger partial charge in [0, 0.05) is 30.5 Å². The van der Waals surface area contributed by atoms with E-state index in [0.29, 0.717) is 23.9 Å². The van der Waals surface area contributed by atoms with E-state index in [1.54, 1.807) is 13.2 Å². The first-order valence-electron chi connectivity index (χ1n) is 8.49. The Labute approximate surface area is 151 Å². The van der Waals surface area contributed by atoms with Gasteiger partial charge in [0.1, 0.15) is 6.61 Å². The van der Waals surface area contributed by atoms with E-state index in [0.717, 1.165) is 23.2 Å². The van der Waals surface area contributed by atoms with Crippen LogP contribution >= 0.6 is 0 Å². The smallest absolute Gasteiger partial charge is 0.258 e. The molecule has 0 aliphatic carbocycles. The van der Waals surface area contributed by atoms with E-state index in [2.05, 4.69) is 28.4 Å². The summed E-state index contributed by atoms with van der Waals surface area (Å²) in [5, 5.41) is 7.97. The maximum absolute atomic E-state index is 13.1. The van der Waals surface area contributed by atoms with Crippen LogP contribution in [0.15, 0.2) is 46.9 Å². The first-order valence-corrected chi connectivity index (χ1v) is 8.49. The number of benzene rings is 2. The van der Waals surface area contributed by atoms with Crippen molar-refractivity contribution in [3.8, 4) is 11.5 Å². The molecule has 0 saturated heterocycles. The number of hydrogen-bond donors (Lipinski definition) is 0. The number of carbonyl (C=O) groups excluding carboxylic acids is 1. The lowest BCUT2D eigenvalue weighted by Gasteiger charge is -2.18. The van der Waals surface area contributed by atoms with Gasteiger partial charge >= 0.3 is 0 Å². The summed E-state index contributed by atoms with van der Waals surface area (Å²) in [5.74, 6) is 0.764. The van der Waals surface area contributed by atoms with Crippen molar-refractivity contribution < 1.29 is 13.9 Å². The van der Waals surface area contributed by atoms with Gasteiger partial charge in [0.15, 0.2) is 0 Å². The van der Waals surface area contributed by atoms with Crippen molar-refractivity contribution in [2.24, 2.45) is 0 Å². The van der Waals surface area contributed by atoms with Gasteiger partial charge in [-0.3, -0.25) is 4.79 Å². The molecule has 6 nitrogen and oxygen atoms in total. The maximum Gasteiger partial charge on any atom is 0.258 e. The molecule has 26 heavy (non-hydrogen) atoms. The summed E-state index contributed by atoms with van der Waals surface area (Å²) in [6, 6.07) is 13.5. The van der Waals surface area contributed by atoms with E-state index >= 15 is 0 Å². The van der Waals surface area contributed by atoms with Crippen molar-refractivity contribution in [2.45, 2.75) is 20.0 Å². The second-order valence-corrected chi connectivity index (χ2v) is 6.35. The second kappa shape index (κ2) is 6.72. The number of anilines is 1.